The first-order valence-corrected chi connectivity index (χ1v) is 8.15. The van der Waals surface area contributed by atoms with E-state index in [1.807, 2.05) is 0 Å². The van der Waals surface area contributed by atoms with Gasteiger partial charge in [0, 0.05) is 31.2 Å². The Morgan fingerprint density at radius 2 is 1.86 bits per heavy atom. The predicted molar refractivity (Wildman–Crippen MR) is 90.5 cm³/mol. The third kappa shape index (κ3) is 5.33. The minimum atomic E-state index is 0.520. The van der Waals surface area contributed by atoms with Crippen molar-refractivity contribution in [3.63, 3.8) is 0 Å². The Morgan fingerprint density at radius 3 is 2.33 bits per heavy atom. The van der Waals surface area contributed by atoms with E-state index in [1.54, 1.807) is 7.11 Å². The minimum absolute atomic E-state index is 0.520. The molecule has 2 N–H and O–H groups in total. The highest BCUT2D eigenvalue weighted by Crippen LogP contribution is 2.22. The van der Waals surface area contributed by atoms with Crippen LogP contribution >= 0.6 is 0 Å². The van der Waals surface area contributed by atoms with Crippen molar-refractivity contribution in [1.29, 1.82) is 0 Å². The number of hydrogen-bond donors (Lipinski definition) is 1. The van der Waals surface area contributed by atoms with Gasteiger partial charge in [-0.1, -0.05) is 39.8 Å². The van der Waals surface area contributed by atoms with Gasteiger partial charge in [0.1, 0.15) is 5.75 Å². The molecule has 0 aliphatic heterocycles. The van der Waals surface area contributed by atoms with Crippen LogP contribution in [-0.2, 0) is 13.1 Å². The van der Waals surface area contributed by atoms with Crippen molar-refractivity contribution >= 4 is 0 Å². The third-order valence-corrected chi connectivity index (χ3v) is 4.02. The second-order valence-corrected chi connectivity index (χ2v) is 6.14. The average molecular weight is 292 g/mol. The smallest absolute Gasteiger partial charge is 0.123 e. The zero-order valence-corrected chi connectivity index (χ0v) is 14.4. The molecule has 21 heavy (non-hydrogen) atoms. The van der Waals surface area contributed by atoms with Gasteiger partial charge < -0.3 is 10.5 Å². The summed E-state index contributed by atoms with van der Waals surface area (Å²) in [5.41, 5.74) is 8.12. The summed E-state index contributed by atoms with van der Waals surface area (Å²) in [6.45, 7) is 11.8. The maximum Gasteiger partial charge on any atom is 0.123 e. The molecule has 0 spiro atoms. The summed E-state index contributed by atoms with van der Waals surface area (Å²) >= 11 is 0. The fourth-order valence-electron chi connectivity index (χ4n) is 2.91. The molecular formula is C18H32N2O. The molecule has 1 aromatic carbocycles. The van der Waals surface area contributed by atoms with Crippen LogP contribution in [0.25, 0.3) is 0 Å². The first kappa shape index (κ1) is 18.0. The fraction of sp³-hybridized carbons (Fsp3) is 0.667. The summed E-state index contributed by atoms with van der Waals surface area (Å²) < 4.78 is 5.45. The summed E-state index contributed by atoms with van der Waals surface area (Å²) in [7, 11) is 1.71. The van der Waals surface area contributed by atoms with Crippen molar-refractivity contribution < 1.29 is 4.74 Å². The predicted octanol–water partition coefficient (Wildman–Crippen LogP) is 3.80. The van der Waals surface area contributed by atoms with E-state index in [4.69, 9.17) is 10.5 Å². The Labute approximate surface area is 130 Å². The van der Waals surface area contributed by atoms with E-state index in [1.165, 1.54) is 18.4 Å². The van der Waals surface area contributed by atoms with E-state index in [0.29, 0.717) is 18.5 Å². The lowest BCUT2D eigenvalue weighted by Crippen LogP contribution is -2.36. The molecule has 3 nitrogen and oxygen atoms in total. The molecule has 0 bridgehead atoms. The summed E-state index contributed by atoms with van der Waals surface area (Å²) in [6.07, 6.45) is 2.39. The molecule has 1 rings (SSSR count). The average Bonchev–Trinajstić information content (AvgIpc) is 2.47. The molecule has 0 aliphatic carbocycles. The highest BCUT2D eigenvalue weighted by Gasteiger charge is 2.17. The van der Waals surface area contributed by atoms with Gasteiger partial charge in [-0.2, -0.15) is 0 Å². The van der Waals surface area contributed by atoms with Gasteiger partial charge in [-0.15, -0.1) is 0 Å². The lowest BCUT2D eigenvalue weighted by molar-refractivity contribution is 0.157. The monoisotopic (exact) mass is 292 g/mol. The van der Waals surface area contributed by atoms with Crippen LogP contribution in [0.5, 0.6) is 5.75 Å². The highest BCUT2D eigenvalue weighted by molar-refractivity contribution is 5.37. The Bertz CT molecular complexity index is 414. The highest BCUT2D eigenvalue weighted by atomic mass is 16.5. The zero-order valence-electron chi connectivity index (χ0n) is 14.4. The molecule has 0 radical (unpaired) electrons. The van der Waals surface area contributed by atoms with Crippen LogP contribution < -0.4 is 10.5 Å². The topological polar surface area (TPSA) is 38.5 Å². The van der Waals surface area contributed by atoms with Crippen LogP contribution in [0.15, 0.2) is 18.2 Å². The van der Waals surface area contributed by atoms with Gasteiger partial charge in [0.25, 0.3) is 0 Å². The normalized spacial score (nSPS) is 11.7. The Balaban J connectivity index is 2.91. The molecule has 0 aliphatic rings. The van der Waals surface area contributed by atoms with Crippen molar-refractivity contribution in [2.75, 3.05) is 13.7 Å². The molecule has 0 heterocycles. The van der Waals surface area contributed by atoms with Crippen LogP contribution in [-0.4, -0.2) is 24.6 Å². The van der Waals surface area contributed by atoms with Gasteiger partial charge in [0.2, 0.25) is 0 Å². The van der Waals surface area contributed by atoms with Gasteiger partial charge in [-0.05, 0) is 30.4 Å². The van der Waals surface area contributed by atoms with E-state index >= 15 is 0 Å². The molecule has 0 aromatic heterocycles. The first-order chi connectivity index (χ1) is 10.0. The lowest BCUT2D eigenvalue weighted by Gasteiger charge is -2.32. The van der Waals surface area contributed by atoms with E-state index in [-0.39, 0.29) is 0 Å². The number of nitrogens with zero attached hydrogens (tertiary/aromatic N) is 1. The van der Waals surface area contributed by atoms with Crippen molar-refractivity contribution in [2.24, 2.45) is 11.7 Å². The molecule has 0 saturated carbocycles. The van der Waals surface area contributed by atoms with Crippen LogP contribution in [0.4, 0.5) is 0 Å². The number of methoxy groups -OCH3 is 1. The molecule has 0 amide bonds. The van der Waals surface area contributed by atoms with E-state index in [9.17, 15) is 0 Å². The molecule has 1 aromatic rings. The van der Waals surface area contributed by atoms with Gasteiger partial charge in [0.15, 0.2) is 0 Å². The summed E-state index contributed by atoms with van der Waals surface area (Å²) in [5, 5.41) is 0. The van der Waals surface area contributed by atoms with Crippen molar-refractivity contribution in [1.82, 2.24) is 4.90 Å². The summed E-state index contributed by atoms with van der Waals surface area (Å²) in [4.78, 5) is 2.60. The molecule has 120 valence electrons. The van der Waals surface area contributed by atoms with E-state index in [0.717, 1.165) is 24.4 Å². The van der Waals surface area contributed by atoms with Crippen LogP contribution in [0.1, 0.15) is 51.7 Å². The van der Waals surface area contributed by atoms with Crippen molar-refractivity contribution in [2.45, 2.75) is 59.7 Å². The maximum atomic E-state index is 5.74. The molecule has 0 fully saturated rings. The fourth-order valence-corrected chi connectivity index (χ4v) is 2.91. The van der Waals surface area contributed by atoms with Crippen LogP contribution in [0.3, 0.4) is 0 Å². The standard InChI is InChI=1S/C18H32N2O/c1-6-17(7-2)20(12-14(3)4)13-15-8-9-16(11-19)18(10-15)21-5/h8-10,14,17H,6-7,11-13,19H2,1-5H3. The summed E-state index contributed by atoms with van der Waals surface area (Å²) in [5.74, 6) is 1.58. The minimum Gasteiger partial charge on any atom is -0.496 e. The second kappa shape index (κ2) is 9.06. The number of nitrogens with two attached hydrogens (primary N) is 1. The van der Waals surface area contributed by atoms with Gasteiger partial charge in [-0.3, -0.25) is 4.90 Å². The molecule has 3 heteroatoms. The summed E-state index contributed by atoms with van der Waals surface area (Å²) in [6, 6.07) is 7.06. The quantitative estimate of drug-likeness (QED) is 0.752. The lowest BCUT2D eigenvalue weighted by atomic mass is 10.0. The molecule has 0 atom stereocenters. The number of benzene rings is 1. The Morgan fingerprint density at radius 1 is 1.19 bits per heavy atom. The maximum absolute atomic E-state index is 5.74. The van der Waals surface area contributed by atoms with Gasteiger partial charge in [-0.25, -0.2) is 0 Å². The molecule has 0 unspecified atom stereocenters. The van der Waals surface area contributed by atoms with Gasteiger partial charge in [0.05, 0.1) is 7.11 Å². The number of ether oxygens (including phenoxy) is 1. The van der Waals surface area contributed by atoms with Crippen molar-refractivity contribution in [3.8, 4) is 5.75 Å². The largest absolute Gasteiger partial charge is 0.496 e. The van der Waals surface area contributed by atoms with Crippen molar-refractivity contribution in [3.05, 3.63) is 29.3 Å². The number of hydrogen-bond acceptors (Lipinski definition) is 3. The molecule has 0 saturated heterocycles. The first-order valence-electron chi connectivity index (χ1n) is 8.15. The molecular weight excluding hydrogens is 260 g/mol. The van der Waals surface area contributed by atoms with Crippen LogP contribution in [0, 0.1) is 5.92 Å². The number of rotatable bonds is 9. The van der Waals surface area contributed by atoms with E-state index < -0.39 is 0 Å². The van der Waals surface area contributed by atoms with Crippen LogP contribution in [0.2, 0.25) is 0 Å². The SMILES string of the molecule is CCC(CC)N(Cc1ccc(CN)c(OC)c1)CC(C)C. The zero-order chi connectivity index (χ0) is 15.8. The Kier molecular flexibility index (Phi) is 7.76. The van der Waals surface area contributed by atoms with E-state index in [2.05, 4.69) is 50.8 Å². The van der Waals surface area contributed by atoms with Gasteiger partial charge >= 0.3 is 0 Å². The second-order valence-electron chi connectivity index (χ2n) is 6.14. The third-order valence-electron chi connectivity index (χ3n) is 4.02. The Hall–Kier alpha value is -1.06.